The number of rotatable bonds is 7. The highest BCUT2D eigenvalue weighted by Gasteiger charge is 2.43. The van der Waals surface area contributed by atoms with Gasteiger partial charge < -0.3 is 19.7 Å². The van der Waals surface area contributed by atoms with Crippen molar-refractivity contribution in [1.82, 2.24) is 19.8 Å². The predicted octanol–water partition coefficient (Wildman–Crippen LogP) is 5.00. The van der Waals surface area contributed by atoms with Crippen molar-refractivity contribution < 1.29 is 19.4 Å². The van der Waals surface area contributed by atoms with Gasteiger partial charge in [-0.1, -0.05) is 23.5 Å². The van der Waals surface area contributed by atoms with Crippen LogP contribution in [0.3, 0.4) is 0 Å². The predicted molar refractivity (Wildman–Crippen MR) is 138 cm³/mol. The van der Waals surface area contributed by atoms with Gasteiger partial charge in [-0.05, 0) is 61.6 Å². The van der Waals surface area contributed by atoms with E-state index in [9.17, 15) is 14.7 Å². The van der Waals surface area contributed by atoms with Gasteiger partial charge in [0.05, 0.1) is 10.2 Å². The van der Waals surface area contributed by atoms with E-state index in [1.807, 2.05) is 36.4 Å². The number of amides is 1. The number of carboxylic acid groups (broad SMARTS) is 1. The Hall–Kier alpha value is -3.43. The van der Waals surface area contributed by atoms with Gasteiger partial charge in [0.1, 0.15) is 12.3 Å². The highest BCUT2D eigenvalue weighted by Crippen LogP contribution is 2.40. The number of fused-ring (bicyclic) bond motifs is 4. The van der Waals surface area contributed by atoms with Crippen LogP contribution in [-0.2, 0) is 16.1 Å². The van der Waals surface area contributed by atoms with E-state index in [1.54, 1.807) is 4.90 Å². The van der Waals surface area contributed by atoms with Crippen molar-refractivity contribution in [2.75, 3.05) is 6.54 Å². The van der Waals surface area contributed by atoms with E-state index in [1.165, 1.54) is 23.8 Å². The number of aromatic amines is 1. The quantitative estimate of drug-likeness (QED) is 0.368. The summed E-state index contributed by atoms with van der Waals surface area (Å²) >= 11 is 1.54. The number of hydrogen-bond acceptors (Lipinski definition) is 6. The number of benzene rings is 2. The van der Waals surface area contributed by atoms with E-state index in [2.05, 4.69) is 27.1 Å². The van der Waals surface area contributed by atoms with Crippen molar-refractivity contribution in [3.63, 3.8) is 0 Å². The smallest absolute Gasteiger partial charge is 0.323 e. The van der Waals surface area contributed by atoms with Gasteiger partial charge in [-0.15, -0.1) is 0 Å². The number of H-pyrrole nitrogens is 1. The van der Waals surface area contributed by atoms with Crippen LogP contribution in [0.5, 0.6) is 10.9 Å². The summed E-state index contributed by atoms with van der Waals surface area (Å²) in [7, 11) is 0. The van der Waals surface area contributed by atoms with Gasteiger partial charge in [0, 0.05) is 48.7 Å². The normalized spacial score (nSPS) is 21.8. The topological polar surface area (TPSA) is 98.8 Å². The number of para-hydroxylation sites is 1. The number of aliphatic carboxylic acids is 1. The van der Waals surface area contributed by atoms with Crippen molar-refractivity contribution in [2.45, 2.75) is 57.3 Å². The number of hydrogen-bond donors (Lipinski definition) is 2. The SMILES string of the molecule is CC(=O)N(CC(=O)O)[C@H]1C[C@H]2CC[C@@H](C1)N2Cc1c[nH]c2ccc(Oc3nc4ccccc4s3)cc12. The van der Waals surface area contributed by atoms with E-state index in [-0.39, 0.29) is 18.5 Å². The minimum atomic E-state index is -0.956. The number of carbonyl (C=O) groups is 2. The molecule has 2 aliphatic heterocycles. The summed E-state index contributed by atoms with van der Waals surface area (Å²) in [6.07, 6.45) is 5.86. The lowest BCUT2D eigenvalue weighted by Crippen LogP contribution is -2.52. The molecule has 0 unspecified atom stereocenters. The monoisotopic (exact) mass is 504 g/mol. The van der Waals surface area contributed by atoms with Crippen LogP contribution in [0.4, 0.5) is 0 Å². The molecule has 0 spiro atoms. The minimum Gasteiger partial charge on any atom is -0.480 e. The zero-order valence-corrected chi connectivity index (χ0v) is 20.8. The number of aromatic nitrogens is 2. The fraction of sp³-hybridized carbons (Fsp3) is 0.370. The van der Waals surface area contributed by atoms with Crippen LogP contribution < -0.4 is 4.74 Å². The summed E-state index contributed by atoms with van der Waals surface area (Å²) < 4.78 is 7.23. The molecule has 2 aliphatic rings. The number of thiazole rings is 1. The van der Waals surface area contributed by atoms with Gasteiger partial charge in [0.2, 0.25) is 5.91 Å². The van der Waals surface area contributed by atoms with Gasteiger partial charge in [0.15, 0.2) is 0 Å². The lowest BCUT2D eigenvalue weighted by Gasteiger charge is -2.42. The third-order valence-corrected chi connectivity index (χ3v) is 8.50. The molecule has 2 N–H and O–H groups in total. The van der Waals surface area contributed by atoms with Crippen LogP contribution in [0.25, 0.3) is 21.1 Å². The van der Waals surface area contributed by atoms with Gasteiger partial charge in [-0.2, -0.15) is 0 Å². The van der Waals surface area contributed by atoms with Gasteiger partial charge in [-0.3, -0.25) is 14.5 Å². The maximum atomic E-state index is 12.1. The molecular weight excluding hydrogens is 476 g/mol. The number of nitrogens with zero attached hydrogens (tertiary/aromatic N) is 3. The molecular formula is C27H28N4O4S. The van der Waals surface area contributed by atoms with E-state index >= 15 is 0 Å². The molecule has 2 aromatic heterocycles. The van der Waals surface area contributed by atoms with Crippen molar-refractivity contribution in [1.29, 1.82) is 0 Å². The van der Waals surface area contributed by atoms with E-state index in [4.69, 9.17) is 4.74 Å². The number of ether oxygens (including phenoxy) is 1. The fourth-order valence-electron chi connectivity index (χ4n) is 5.95. The average Bonchev–Trinajstić information content (AvgIpc) is 3.50. The molecule has 0 aliphatic carbocycles. The second-order valence-electron chi connectivity index (χ2n) is 9.79. The second kappa shape index (κ2) is 9.22. The van der Waals surface area contributed by atoms with Crippen LogP contribution in [-0.4, -0.2) is 61.4 Å². The number of carboxylic acids is 1. The van der Waals surface area contributed by atoms with Crippen LogP contribution in [0.1, 0.15) is 38.2 Å². The Bertz CT molecular complexity index is 1400. The minimum absolute atomic E-state index is 0.0101. The molecule has 0 radical (unpaired) electrons. The molecule has 9 heteroatoms. The Labute approximate surface area is 212 Å². The molecule has 8 nitrogen and oxygen atoms in total. The lowest BCUT2D eigenvalue weighted by atomic mass is 9.95. The Morgan fingerprint density at radius 3 is 2.69 bits per heavy atom. The van der Waals surface area contributed by atoms with Crippen molar-refractivity contribution in [3.8, 4) is 10.9 Å². The Kier molecular flexibility index (Phi) is 5.89. The highest BCUT2D eigenvalue weighted by molar-refractivity contribution is 7.20. The van der Waals surface area contributed by atoms with Crippen molar-refractivity contribution in [3.05, 3.63) is 54.2 Å². The molecule has 6 rings (SSSR count). The Morgan fingerprint density at radius 1 is 1.19 bits per heavy atom. The Morgan fingerprint density at radius 2 is 1.97 bits per heavy atom. The molecule has 2 bridgehead atoms. The highest BCUT2D eigenvalue weighted by atomic mass is 32.1. The third kappa shape index (κ3) is 4.33. The summed E-state index contributed by atoms with van der Waals surface area (Å²) in [5, 5.41) is 11.0. The standard InChI is InChI=1S/C27H28N4O4S/c1-16(32)30(15-26(33)34)20-10-18-6-7-19(11-20)31(18)14-17-13-28-23-9-8-21(12-22(17)23)35-27-29-24-4-2-3-5-25(24)36-27/h2-5,8-9,12-13,18-20,28H,6-7,10-11,14-15H2,1H3,(H,33,34)/t18-,19+,20+. The molecule has 2 fully saturated rings. The molecule has 36 heavy (non-hydrogen) atoms. The van der Waals surface area contributed by atoms with E-state index < -0.39 is 5.97 Å². The van der Waals surface area contributed by atoms with Crippen molar-refractivity contribution in [2.24, 2.45) is 0 Å². The number of nitrogens with one attached hydrogen (secondary N) is 1. The molecule has 2 aromatic carbocycles. The van der Waals surface area contributed by atoms with Gasteiger partial charge in [-0.25, -0.2) is 4.98 Å². The first-order valence-corrected chi connectivity index (χ1v) is 13.1. The zero-order valence-electron chi connectivity index (χ0n) is 20.0. The van der Waals surface area contributed by atoms with Gasteiger partial charge in [0.25, 0.3) is 5.19 Å². The second-order valence-corrected chi connectivity index (χ2v) is 10.8. The maximum Gasteiger partial charge on any atom is 0.323 e. The summed E-state index contributed by atoms with van der Waals surface area (Å²) in [4.78, 5) is 35.5. The van der Waals surface area contributed by atoms with E-state index in [0.29, 0.717) is 17.3 Å². The molecule has 3 atom stereocenters. The summed E-state index contributed by atoms with van der Waals surface area (Å²) in [6.45, 7) is 2.06. The van der Waals surface area contributed by atoms with Crippen LogP contribution in [0.2, 0.25) is 0 Å². The first kappa shape index (κ1) is 23.0. The fourth-order valence-corrected chi connectivity index (χ4v) is 6.78. The van der Waals surface area contributed by atoms with E-state index in [0.717, 1.165) is 59.1 Å². The summed E-state index contributed by atoms with van der Waals surface area (Å²) in [5.74, 6) is -0.356. The molecule has 2 saturated heterocycles. The number of piperidine rings is 1. The molecule has 4 heterocycles. The van der Waals surface area contributed by atoms with Crippen LogP contribution in [0.15, 0.2) is 48.7 Å². The summed E-state index contributed by atoms with van der Waals surface area (Å²) in [5.41, 5.74) is 3.21. The van der Waals surface area contributed by atoms with Crippen LogP contribution in [0, 0.1) is 0 Å². The third-order valence-electron chi connectivity index (χ3n) is 7.58. The van der Waals surface area contributed by atoms with Crippen LogP contribution >= 0.6 is 11.3 Å². The largest absolute Gasteiger partial charge is 0.480 e. The zero-order chi connectivity index (χ0) is 24.8. The van der Waals surface area contributed by atoms with Crippen molar-refractivity contribution >= 4 is 44.3 Å². The molecule has 1 amide bonds. The first-order valence-electron chi connectivity index (χ1n) is 12.3. The summed E-state index contributed by atoms with van der Waals surface area (Å²) in [6, 6.07) is 14.8. The lowest BCUT2D eigenvalue weighted by molar-refractivity contribution is -0.146. The number of carbonyl (C=O) groups excluding carboxylic acids is 1. The van der Waals surface area contributed by atoms with Gasteiger partial charge >= 0.3 is 5.97 Å². The molecule has 186 valence electrons. The molecule has 0 saturated carbocycles. The first-order chi connectivity index (χ1) is 17.4. The molecule has 4 aromatic rings. The average molecular weight is 505 g/mol. The Balaban J connectivity index is 1.20. The maximum absolute atomic E-state index is 12.1.